The van der Waals surface area contributed by atoms with E-state index in [0.29, 0.717) is 12.5 Å². The molecule has 0 radical (unpaired) electrons. The van der Waals surface area contributed by atoms with Crippen molar-refractivity contribution in [3.8, 4) is 0 Å². The normalized spacial score (nSPS) is 12.8. The highest BCUT2D eigenvalue weighted by atomic mass is 16.4. The molecule has 8 nitrogen and oxygen atoms in total. The van der Waals surface area contributed by atoms with Gasteiger partial charge < -0.3 is 20.1 Å². The SMILES string of the molecule is CC(C)Cc1ccc(C(=O)N2CCc3[nH]cnc3C2)cc1.O=C(O)C(=O)O. The number of aliphatic carboxylic acids is 2. The molecule has 3 rings (SSSR count). The Kier molecular flexibility index (Phi) is 6.70. The average Bonchev–Trinajstić information content (AvgIpc) is 3.09. The highest BCUT2D eigenvalue weighted by Crippen LogP contribution is 2.18. The van der Waals surface area contributed by atoms with Crippen molar-refractivity contribution in [1.82, 2.24) is 14.9 Å². The number of benzene rings is 1. The number of rotatable bonds is 3. The molecule has 27 heavy (non-hydrogen) atoms. The summed E-state index contributed by atoms with van der Waals surface area (Å²) in [5, 5.41) is 14.8. The summed E-state index contributed by atoms with van der Waals surface area (Å²) >= 11 is 0. The molecule has 1 aliphatic heterocycles. The van der Waals surface area contributed by atoms with E-state index in [-0.39, 0.29) is 5.91 Å². The molecular formula is C19H23N3O5. The number of aromatic nitrogens is 2. The van der Waals surface area contributed by atoms with Crippen LogP contribution in [0, 0.1) is 5.92 Å². The lowest BCUT2D eigenvalue weighted by Crippen LogP contribution is -2.36. The molecule has 0 spiro atoms. The number of aromatic amines is 1. The van der Waals surface area contributed by atoms with Gasteiger partial charge in [-0.2, -0.15) is 0 Å². The minimum Gasteiger partial charge on any atom is -0.473 e. The molecule has 0 aliphatic carbocycles. The summed E-state index contributed by atoms with van der Waals surface area (Å²) in [4.78, 5) is 40.0. The zero-order valence-corrected chi connectivity index (χ0v) is 15.3. The van der Waals surface area contributed by atoms with Gasteiger partial charge in [-0.25, -0.2) is 14.6 Å². The number of nitrogens with one attached hydrogen (secondary N) is 1. The van der Waals surface area contributed by atoms with Gasteiger partial charge in [0.05, 0.1) is 18.6 Å². The molecule has 1 aliphatic rings. The zero-order chi connectivity index (χ0) is 20.0. The van der Waals surface area contributed by atoms with Crippen LogP contribution in [0.5, 0.6) is 0 Å². The standard InChI is InChI=1S/C17H21N3O.C2H2O4/c1-12(2)9-13-3-5-14(6-4-13)17(21)20-8-7-15-16(10-20)19-11-18-15;3-1(4)2(5)6/h3-6,11-12H,7-10H2,1-2H3,(H,18,19);(H,3,4)(H,5,6). The largest absolute Gasteiger partial charge is 0.473 e. The van der Waals surface area contributed by atoms with Crippen LogP contribution in [0.3, 0.4) is 0 Å². The molecular weight excluding hydrogens is 350 g/mol. The second-order valence-corrected chi connectivity index (χ2v) is 6.71. The van der Waals surface area contributed by atoms with Crippen LogP contribution in [0.25, 0.3) is 0 Å². The molecule has 2 heterocycles. The third kappa shape index (κ3) is 5.67. The van der Waals surface area contributed by atoms with Gasteiger partial charge in [0.25, 0.3) is 5.91 Å². The van der Waals surface area contributed by atoms with E-state index in [1.807, 2.05) is 17.0 Å². The van der Waals surface area contributed by atoms with Gasteiger partial charge in [-0.1, -0.05) is 26.0 Å². The molecule has 0 saturated carbocycles. The Labute approximate surface area is 156 Å². The number of imidazole rings is 1. The second-order valence-electron chi connectivity index (χ2n) is 6.71. The number of carbonyl (C=O) groups excluding carboxylic acids is 1. The van der Waals surface area contributed by atoms with Gasteiger partial charge in [0.2, 0.25) is 0 Å². The van der Waals surface area contributed by atoms with Crippen molar-refractivity contribution in [3.63, 3.8) is 0 Å². The predicted molar refractivity (Wildman–Crippen MR) is 97.3 cm³/mol. The van der Waals surface area contributed by atoms with Crippen molar-refractivity contribution in [1.29, 1.82) is 0 Å². The summed E-state index contributed by atoms with van der Waals surface area (Å²) in [5.74, 6) is -2.92. The first-order valence-corrected chi connectivity index (χ1v) is 8.63. The van der Waals surface area contributed by atoms with E-state index < -0.39 is 11.9 Å². The van der Waals surface area contributed by atoms with Crippen LogP contribution in [0.1, 0.15) is 41.2 Å². The fraction of sp³-hybridized carbons (Fsp3) is 0.368. The Morgan fingerprint density at radius 3 is 2.33 bits per heavy atom. The molecule has 0 unspecified atom stereocenters. The number of carbonyl (C=O) groups is 3. The number of H-pyrrole nitrogens is 1. The van der Waals surface area contributed by atoms with Gasteiger partial charge in [-0.05, 0) is 30.0 Å². The minimum absolute atomic E-state index is 0.0970. The molecule has 3 N–H and O–H groups in total. The fourth-order valence-corrected chi connectivity index (χ4v) is 2.82. The molecule has 0 bridgehead atoms. The topological polar surface area (TPSA) is 124 Å². The number of nitrogens with zero attached hydrogens (tertiary/aromatic N) is 2. The summed E-state index contributed by atoms with van der Waals surface area (Å²) in [6.45, 7) is 5.76. The summed E-state index contributed by atoms with van der Waals surface area (Å²) in [6.07, 6.45) is 3.61. The molecule has 144 valence electrons. The predicted octanol–water partition coefficient (Wildman–Crippen LogP) is 1.96. The van der Waals surface area contributed by atoms with E-state index in [1.165, 1.54) is 5.56 Å². The van der Waals surface area contributed by atoms with E-state index in [2.05, 4.69) is 35.9 Å². The Hall–Kier alpha value is -3.16. The quantitative estimate of drug-likeness (QED) is 0.707. The summed E-state index contributed by atoms with van der Waals surface area (Å²) in [7, 11) is 0. The highest BCUT2D eigenvalue weighted by Gasteiger charge is 2.23. The van der Waals surface area contributed by atoms with Crippen LogP contribution >= 0.6 is 0 Å². The second kappa shape index (κ2) is 8.98. The summed E-state index contributed by atoms with van der Waals surface area (Å²) < 4.78 is 0. The molecule has 1 aromatic carbocycles. The lowest BCUT2D eigenvalue weighted by Gasteiger charge is -2.26. The third-order valence-electron chi connectivity index (χ3n) is 4.09. The van der Waals surface area contributed by atoms with Crippen molar-refractivity contribution in [2.45, 2.75) is 33.2 Å². The minimum atomic E-state index is -1.82. The number of fused-ring (bicyclic) bond motifs is 1. The maximum atomic E-state index is 12.6. The summed E-state index contributed by atoms with van der Waals surface area (Å²) in [6, 6.07) is 8.02. The van der Waals surface area contributed by atoms with Crippen molar-refractivity contribution >= 4 is 17.8 Å². The van der Waals surface area contributed by atoms with Crippen LogP contribution in [0.2, 0.25) is 0 Å². The van der Waals surface area contributed by atoms with Gasteiger partial charge in [0, 0.05) is 24.2 Å². The van der Waals surface area contributed by atoms with E-state index in [4.69, 9.17) is 19.8 Å². The van der Waals surface area contributed by atoms with Crippen LogP contribution in [-0.2, 0) is 29.0 Å². The van der Waals surface area contributed by atoms with E-state index in [9.17, 15) is 4.79 Å². The first kappa shape index (κ1) is 20.2. The average molecular weight is 373 g/mol. The number of amides is 1. The van der Waals surface area contributed by atoms with Crippen molar-refractivity contribution in [3.05, 3.63) is 53.1 Å². The maximum absolute atomic E-state index is 12.6. The van der Waals surface area contributed by atoms with Gasteiger partial charge in [-0.3, -0.25) is 4.79 Å². The molecule has 2 aromatic rings. The highest BCUT2D eigenvalue weighted by molar-refractivity contribution is 6.27. The number of carboxylic acids is 2. The Morgan fingerprint density at radius 2 is 1.78 bits per heavy atom. The lowest BCUT2D eigenvalue weighted by atomic mass is 10.0. The number of hydrogen-bond donors (Lipinski definition) is 3. The van der Waals surface area contributed by atoms with Gasteiger partial charge in [0.15, 0.2) is 0 Å². The van der Waals surface area contributed by atoms with Crippen molar-refractivity contribution in [2.75, 3.05) is 6.54 Å². The van der Waals surface area contributed by atoms with Crippen LogP contribution in [0.15, 0.2) is 30.6 Å². The van der Waals surface area contributed by atoms with Crippen LogP contribution in [-0.4, -0.2) is 49.5 Å². The van der Waals surface area contributed by atoms with E-state index in [1.54, 1.807) is 6.33 Å². The molecule has 0 fully saturated rings. The smallest absolute Gasteiger partial charge is 0.414 e. The Morgan fingerprint density at radius 1 is 1.15 bits per heavy atom. The summed E-state index contributed by atoms with van der Waals surface area (Å²) in [5.41, 5.74) is 4.20. The molecule has 1 amide bonds. The number of hydrogen-bond acceptors (Lipinski definition) is 4. The number of carboxylic acid groups (broad SMARTS) is 2. The molecule has 8 heteroatoms. The van der Waals surface area contributed by atoms with Crippen molar-refractivity contribution in [2.24, 2.45) is 5.92 Å². The first-order valence-electron chi connectivity index (χ1n) is 8.63. The van der Waals surface area contributed by atoms with Gasteiger partial charge in [-0.15, -0.1) is 0 Å². The Bertz CT molecular complexity index is 799. The van der Waals surface area contributed by atoms with Crippen molar-refractivity contribution < 1.29 is 24.6 Å². The third-order valence-corrected chi connectivity index (χ3v) is 4.09. The molecule has 0 atom stereocenters. The molecule has 0 saturated heterocycles. The first-order chi connectivity index (χ1) is 12.8. The zero-order valence-electron chi connectivity index (χ0n) is 15.3. The van der Waals surface area contributed by atoms with Crippen LogP contribution in [0.4, 0.5) is 0 Å². The monoisotopic (exact) mass is 373 g/mol. The van der Waals surface area contributed by atoms with E-state index >= 15 is 0 Å². The molecule has 1 aromatic heterocycles. The van der Waals surface area contributed by atoms with Gasteiger partial charge >= 0.3 is 11.9 Å². The Balaban J connectivity index is 0.000000380. The lowest BCUT2D eigenvalue weighted by molar-refractivity contribution is -0.159. The van der Waals surface area contributed by atoms with Crippen LogP contribution < -0.4 is 0 Å². The fourth-order valence-electron chi connectivity index (χ4n) is 2.82. The van der Waals surface area contributed by atoms with Gasteiger partial charge in [0.1, 0.15) is 0 Å². The van der Waals surface area contributed by atoms with E-state index in [0.717, 1.165) is 36.3 Å². The maximum Gasteiger partial charge on any atom is 0.414 e.